The van der Waals surface area contributed by atoms with Gasteiger partial charge >= 0.3 is 0 Å². The fourth-order valence-corrected chi connectivity index (χ4v) is 2.44. The largest absolute Gasteiger partial charge is 0.322 e. The predicted octanol–water partition coefficient (Wildman–Crippen LogP) is 2.11. The number of nitrogens with zero attached hydrogens (tertiary/aromatic N) is 2. The number of rotatable bonds is 3. The molecule has 1 atom stereocenters. The van der Waals surface area contributed by atoms with Gasteiger partial charge in [-0.15, -0.1) is 0 Å². The van der Waals surface area contributed by atoms with E-state index in [0.717, 1.165) is 24.2 Å². The molecule has 3 heteroatoms. The number of carbonyl (C=O) groups excluding carboxylic acids is 1. The van der Waals surface area contributed by atoms with Crippen LogP contribution in [0.25, 0.3) is 0 Å². The van der Waals surface area contributed by atoms with Crippen molar-refractivity contribution in [3.63, 3.8) is 0 Å². The first-order chi connectivity index (χ1) is 7.70. The van der Waals surface area contributed by atoms with Crippen molar-refractivity contribution in [1.29, 1.82) is 0 Å². The molecule has 0 aliphatic carbocycles. The van der Waals surface area contributed by atoms with E-state index in [1.54, 1.807) is 0 Å². The molecule has 0 N–H and O–H groups in total. The van der Waals surface area contributed by atoms with Crippen LogP contribution in [-0.2, 0) is 0 Å². The number of hydrogen-bond donors (Lipinski definition) is 0. The molecule has 0 radical (unpaired) electrons. The van der Waals surface area contributed by atoms with E-state index >= 15 is 0 Å². The van der Waals surface area contributed by atoms with Crippen LogP contribution in [0, 0.1) is 0 Å². The molecule has 0 fully saturated rings. The van der Waals surface area contributed by atoms with Crippen molar-refractivity contribution in [2.75, 3.05) is 20.1 Å². The second-order valence-electron chi connectivity index (χ2n) is 4.10. The molecule has 0 saturated heterocycles. The van der Waals surface area contributed by atoms with Crippen molar-refractivity contribution >= 4 is 5.91 Å². The molecule has 1 heterocycles. The Kier molecular flexibility index (Phi) is 2.97. The van der Waals surface area contributed by atoms with Crippen molar-refractivity contribution in [3.05, 3.63) is 35.4 Å². The Morgan fingerprint density at radius 3 is 2.50 bits per heavy atom. The molecule has 16 heavy (non-hydrogen) atoms. The first-order valence-electron chi connectivity index (χ1n) is 5.80. The third-order valence-corrected chi connectivity index (χ3v) is 3.31. The third-order valence-electron chi connectivity index (χ3n) is 3.31. The smallest absolute Gasteiger partial charge is 0.255 e. The van der Waals surface area contributed by atoms with Crippen LogP contribution in [0.3, 0.4) is 0 Å². The van der Waals surface area contributed by atoms with Crippen LogP contribution >= 0.6 is 0 Å². The van der Waals surface area contributed by atoms with Crippen LogP contribution < -0.4 is 0 Å². The predicted molar refractivity (Wildman–Crippen MR) is 64.2 cm³/mol. The summed E-state index contributed by atoms with van der Waals surface area (Å²) < 4.78 is 0. The number of fused-ring (bicyclic) bond motifs is 1. The van der Waals surface area contributed by atoms with Crippen molar-refractivity contribution in [2.24, 2.45) is 0 Å². The fourth-order valence-electron chi connectivity index (χ4n) is 2.44. The second-order valence-corrected chi connectivity index (χ2v) is 4.10. The standard InChI is InChI=1S/C13H18N2O/c1-4-15(5-2)12-10-8-6-7-9-11(10)13(16)14(12)3/h6-9,12H,4-5H2,1-3H3. The molecule has 2 rings (SSSR count). The molecule has 1 unspecified atom stereocenters. The van der Waals surface area contributed by atoms with E-state index in [2.05, 4.69) is 24.8 Å². The lowest BCUT2D eigenvalue weighted by Gasteiger charge is -2.31. The summed E-state index contributed by atoms with van der Waals surface area (Å²) in [6.45, 7) is 6.16. The highest BCUT2D eigenvalue weighted by Gasteiger charge is 2.36. The van der Waals surface area contributed by atoms with Gasteiger partial charge in [0.1, 0.15) is 6.17 Å². The minimum absolute atomic E-state index is 0.110. The van der Waals surface area contributed by atoms with Gasteiger partial charge in [-0.05, 0) is 19.2 Å². The molecule has 1 aromatic carbocycles. The molecule has 0 aromatic heterocycles. The summed E-state index contributed by atoms with van der Waals surface area (Å²) in [5.41, 5.74) is 1.99. The van der Waals surface area contributed by atoms with Crippen LogP contribution in [0.5, 0.6) is 0 Å². The highest BCUT2D eigenvalue weighted by Crippen LogP contribution is 2.34. The highest BCUT2D eigenvalue weighted by atomic mass is 16.2. The monoisotopic (exact) mass is 218 g/mol. The Morgan fingerprint density at radius 1 is 1.25 bits per heavy atom. The molecule has 1 aliphatic heterocycles. The molecular formula is C13H18N2O. The maximum atomic E-state index is 12.0. The van der Waals surface area contributed by atoms with E-state index < -0.39 is 0 Å². The van der Waals surface area contributed by atoms with E-state index in [4.69, 9.17) is 0 Å². The van der Waals surface area contributed by atoms with E-state index in [1.807, 2.05) is 30.1 Å². The number of hydrogen-bond acceptors (Lipinski definition) is 2. The summed E-state index contributed by atoms with van der Waals surface area (Å²) in [4.78, 5) is 16.2. The Morgan fingerprint density at radius 2 is 1.88 bits per heavy atom. The summed E-state index contributed by atoms with van der Waals surface area (Å²) in [6.07, 6.45) is 0.110. The Hall–Kier alpha value is -1.35. The molecule has 86 valence electrons. The van der Waals surface area contributed by atoms with Gasteiger partial charge in [0.05, 0.1) is 0 Å². The summed E-state index contributed by atoms with van der Waals surface area (Å²) >= 11 is 0. The fraction of sp³-hybridized carbons (Fsp3) is 0.462. The summed E-state index contributed by atoms with van der Waals surface area (Å²) in [5, 5.41) is 0. The Bertz CT molecular complexity index is 399. The van der Waals surface area contributed by atoms with Gasteiger partial charge in [0, 0.05) is 18.2 Å². The molecule has 1 aliphatic rings. The second kappa shape index (κ2) is 4.26. The lowest BCUT2D eigenvalue weighted by Crippen LogP contribution is -2.37. The molecule has 1 amide bonds. The van der Waals surface area contributed by atoms with Crippen molar-refractivity contribution in [3.8, 4) is 0 Å². The normalized spacial score (nSPS) is 19.4. The maximum Gasteiger partial charge on any atom is 0.255 e. The highest BCUT2D eigenvalue weighted by molar-refractivity contribution is 5.98. The molecule has 0 bridgehead atoms. The minimum atomic E-state index is 0.110. The number of benzene rings is 1. The van der Waals surface area contributed by atoms with Gasteiger partial charge < -0.3 is 4.90 Å². The average Bonchev–Trinajstić information content (AvgIpc) is 2.57. The number of carbonyl (C=O) groups is 1. The first kappa shape index (κ1) is 11.1. The first-order valence-corrected chi connectivity index (χ1v) is 5.80. The topological polar surface area (TPSA) is 23.6 Å². The quantitative estimate of drug-likeness (QED) is 0.775. The van der Waals surface area contributed by atoms with Crippen molar-refractivity contribution in [2.45, 2.75) is 20.0 Å². The molecule has 0 spiro atoms. The van der Waals surface area contributed by atoms with Gasteiger partial charge in [-0.25, -0.2) is 0 Å². The van der Waals surface area contributed by atoms with Gasteiger partial charge in [-0.2, -0.15) is 0 Å². The molecule has 0 saturated carbocycles. The van der Waals surface area contributed by atoms with E-state index in [-0.39, 0.29) is 12.1 Å². The average molecular weight is 218 g/mol. The van der Waals surface area contributed by atoms with Gasteiger partial charge in [-0.3, -0.25) is 9.69 Å². The van der Waals surface area contributed by atoms with Gasteiger partial charge in [0.2, 0.25) is 0 Å². The van der Waals surface area contributed by atoms with Gasteiger partial charge in [0.15, 0.2) is 0 Å². The van der Waals surface area contributed by atoms with E-state index in [0.29, 0.717) is 0 Å². The summed E-state index contributed by atoms with van der Waals surface area (Å²) in [5.74, 6) is 0.132. The Balaban J connectivity index is 2.44. The van der Waals surface area contributed by atoms with Gasteiger partial charge in [-0.1, -0.05) is 32.0 Å². The molecule has 1 aromatic rings. The molecule has 3 nitrogen and oxygen atoms in total. The minimum Gasteiger partial charge on any atom is -0.322 e. The van der Waals surface area contributed by atoms with Crippen LogP contribution in [0.2, 0.25) is 0 Å². The SMILES string of the molecule is CCN(CC)C1c2ccccc2C(=O)N1C. The van der Waals surface area contributed by atoms with E-state index in [1.165, 1.54) is 0 Å². The van der Waals surface area contributed by atoms with Crippen molar-refractivity contribution in [1.82, 2.24) is 9.80 Å². The summed E-state index contributed by atoms with van der Waals surface area (Å²) in [6, 6.07) is 7.90. The van der Waals surface area contributed by atoms with Crippen LogP contribution in [0.4, 0.5) is 0 Å². The van der Waals surface area contributed by atoms with Crippen molar-refractivity contribution < 1.29 is 4.79 Å². The maximum absolute atomic E-state index is 12.0. The van der Waals surface area contributed by atoms with E-state index in [9.17, 15) is 4.79 Å². The van der Waals surface area contributed by atoms with Crippen LogP contribution in [-0.4, -0.2) is 35.8 Å². The zero-order valence-corrected chi connectivity index (χ0v) is 10.1. The molecular weight excluding hydrogens is 200 g/mol. The lowest BCUT2D eigenvalue weighted by molar-refractivity contribution is 0.0529. The lowest BCUT2D eigenvalue weighted by atomic mass is 10.1. The third kappa shape index (κ3) is 1.52. The van der Waals surface area contributed by atoms with Gasteiger partial charge in [0.25, 0.3) is 5.91 Å². The van der Waals surface area contributed by atoms with Crippen LogP contribution in [0.1, 0.15) is 35.9 Å². The number of amides is 1. The zero-order chi connectivity index (χ0) is 11.7. The summed E-state index contributed by atoms with van der Waals surface area (Å²) in [7, 11) is 1.88. The van der Waals surface area contributed by atoms with Crippen LogP contribution in [0.15, 0.2) is 24.3 Å². The zero-order valence-electron chi connectivity index (χ0n) is 10.1. The Labute approximate surface area is 96.7 Å².